The summed E-state index contributed by atoms with van der Waals surface area (Å²) >= 11 is 0. The van der Waals surface area contributed by atoms with Crippen LogP contribution in [0.5, 0.6) is 0 Å². The number of hydrogen-bond donors (Lipinski definition) is 2. The van der Waals surface area contributed by atoms with E-state index in [1.165, 1.54) is 0 Å². The number of aliphatic carboxylic acids is 1. The van der Waals surface area contributed by atoms with Crippen LogP contribution in [0.1, 0.15) is 60.3 Å². The molecule has 0 radical (unpaired) electrons. The van der Waals surface area contributed by atoms with Crippen molar-refractivity contribution in [2.75, 3.05) is 0 Å². The first-order valence-corrected chi connectivity index (χ1v) is 7.55. The molecule has 0 saturated carbocycles. The highest BCUT2D eigenvalue weighted by atomic mass is 16.4. The van der Waals surface area contributed by atoms with Gasteiger partial charge in [-0.15, -0.1) is 0 Å². The molecule has 0 spiro atoms. The standard InChI is InChI=1S/C15H28N2O3/c1-6-9-15(5,14(19)20)16-13(18)12(4)17-10(2)7-8-11(17)3/h10-12H,6-9H2,1-5H3,(H,16,18)(H,19,20). The molecule has 1 heterocycles. The predicted octanol–water partition coefficient (Wildman–Crippen LogP) is 2.01. The molecule has 1 amide bonds. The summed E-state index contributed by atoms with van der Waals surface area (Å²) < 4.78 is 0. The van der Waals surface area contributed by atoms with Crippen LogP contribution in [0, 0.1) is 0 Å². The average molecular weight is 284 g/mol. The highest BCUT2D eigenvalue weighted by Gasteiger charge is 2.39. The Morgan fingerprint density at radius 1 is 1.35 bits per heavy atom. The Morgan fingerprint density at radius 2 is 1.85 bits per heavy atom. The molecular weight excluding hydrogens is 256 g/mol. The van der Waals surface area contributed by atoms with E-state index in [2.05, 4.69) is 24.1 Å². The number of hydrogen-bond acceptors (Lipinski definition) is 3. The molecule has 0 aromatic carbocycles. The summed E-state index contributed by atoms with van der Waals surface area (Å²) in [5.41, 5.74) is -1.17. The summed E-state index contributed by atoms with van der Waals surface area (Å²) in [4.78, 5) is 26.0. The number of likely N-dealkylation sites (tertiary alicyclic amines) is 1. The fraction of sp³-hybridized carbons (Fsp3) is 0.867. The van der Waals surface area contributed by atoms with Gasteiger partial charge in [-0.05, 0) is 47.0 Å². The summed E-state index contributed by atoms with van der Waals surface area (Å²) in [5.74, 6) is -1.16. The van der Waals surface area contributed by atoms with Gasteiger partial charge in [0.2, 0.25) is 5.91 Å². The summed E-state index contributed by atoms with van der Waals surface area (Å²) in [7, 11) is 0. The number of rotatable bonds is 6. The van der Waals surface area contributed by atoms with Crippen LogP contribution < -0.4 is 5.32 Å². The fourth-order valence-corrected chi connectivity index (χ4v) is 3.21. The fourth-order valence-electron chi connectivity index (χ4n) is 3.21. The van der Waals surface area contributed by atoms with Crippen LogP contribution in [-0.2, 0) is 9.59 Å². The lowest BCUT2D eigenvalue weighted by Gasteiger charge is -2.34. The van der Waals surface area contributed by atoms with E-state index in [0.717, 1.165) is 12.8 Å². The summed E-state index contributed by atoms with van der Waals surface area (Å²) in [6.07, 6.45) is 3.33. The second-order valence-corrected chi connectivity index (χ2v) is 6.28. The number of carbonyl (C=O) groups excluding carboxylic acids is 1. The molecule has 1 rings (SSSR count). The van der Waals surface area contributed by atoms with Crippen LogP contribution in [0.25, 0.3) is 0 Å². The zero-order chi connectivity index (χ0) is 15.5. The second kappa shape index (κ2) is 6.57. The maximum absolute atomic E-state index is 12.4. The number of nitrogens with one attached hydrogen (secondary N) is 1. The van der Waals surface area contributed by atoms with Gasteiger partial charge in [0.05, 0.1) is 6.04 Å². The van der Waals surface area contributed by atoms with Crippen molar-refractivity contribution in [1.82, 2.24) is 10.2 Å². The lowest BCUT2D eigenvalue weighted by Crippen LogP contribution is -2.58. The van der Waals surface area contributed by atoms with Gasteiger partial charge in [-0.2, -0.15) is 0 Å². The van der Waals surface area contributed by atoms with Crippen molar-refractivity contribution in [3.63, 3.8) is 0 Å². The van der Waals surface area contributed by atoms with Gasteiger partial charge in [0.15, 0.2) is 0 Å². The zero-order valence-electron chi connectivity index (χ0n) is 13.3. The summed E-state index contributed by atoms with van der Waals surface area (Å²) in [6.45, 7) is 9.61. The van der Waals surface area contributed by atoms with Crippen LogP contribution in [0.2, 0.25) is 0 Å². The van der Waals surface area contributed by atoms with E-state index in [9.17, 15) is 14.7 Å². The molecule has 4 atom stereocenters. The van der Waals surface area contributed by atoms with E-state index in [-0.39, 0.29) is 11.9 Å². The van der Waals surface area contributed by atoms with Crippen LogP contribution in [0.4, 0.5) is 0 Å². The molecule has 5 nitrogen and oxygen atoms in total. The number of carboxylic acids is 1. The molecular formula is C15H28N2O3. The first-order chi connectivity index (χ1) is 9.23. The quantitative estimate of drug-likeness (QED) is 0.783. The number of amides is 1. The summed E-state index contributed by atoms with van der Waals surface area (Å²) in [5, 5.41) is 12.1. The molecule has 4 unspecified atom stereocenters. The SMILES string of the molecule is CCCC(C)(NC(=O)C(C)N1C(C)CCC1C)C(=O)O. The van der Waals surface area contributed by atoms with Crippen molar-refractivity contribution < 1.29 is 14.7 Å². The second-order valence-electron chi connectivity index (χ2n) is 6.28. The van der Waals surface area contributed by atoms with E-state index in [1.807, 2.05) is 13.8 Å². The van der Waals surface area contributed by atoms with Crippen molar-refractivity contribution in [2.45, 2.75) is 84.0 Å². The molecule has 1 saturated heterocycles. The first-order valence-electron chi connectivity index (χ1n) is 7.55. The largest absolute Gasteiger partial charge is 0.480 e. The van der Waals surface area contributed by atoms with Crippen molar-refractivity contribution in [3.8, 4) is 0 Å². The molecule has 0 aliphatic carbocycles. The van der Waals surface area contributed by atoms with E-state index < -0.39 is 11.5 Å². The van der Waals surface area contributed by atoms with Crippen molar-refractivity contribution >= 4 is 11.9 Å². The number of carboxylic acid groups (broad SMARTS) is 1. The minimum absolute atomic E-state index is 0.191. The van der Waals surface area contributed by atoms with Gasteiger partial charge in [0.25, 0.3) is 0 Å². The average Bonchev–Trinajstić information content (AvgIpc) is 2.68. The van der Waals surface area contributed by atoms with Crippen LogP contribution in [-0.4, -0.2) is 45.5 Å². The highest BCUT2D eigenvalue weighted by molar-refractivity contribution is 5.89. The Morgan fingerprint density at radius 3 is 2.25 bits per heavy atom. The third-order valence-electron chi connectivity index (χ3n) is 4.47. The van der Waals surface area contributed by atoms with E-state index in [1.54, 1.807) is 6.92 Å². The van der Waals surface area contributed by atoms with E-state index in [0.29, 0.717) is 24.9 Å². The van der Waals surface area contributed by atoms with Gasteiger partial charge in [-0.3, -0.25) is 9.69 Å². The van der Waals surface area contributed by atoms with E-state index in [4.69, 9.17) is 0 Å². The maximum atomic E-state index is 12.4. The predicted molar refractivity (Wildman–Crippen MR) is 78.6 cm³/mol. The van der Waals surface area contributed by atoms with Crippen LogP contribution in [0.3, 0.4) is 0 Å². The normalized spacial score (nSPS) is 27.9. The molecule has 116 valence electrons. The highest BCUT2D eigenvalue weighted by Crippen LogP contribution is 2.26. The Bertz CT molecular complexity index is 362. The monoisotopic (exact) mass is 284 g/mol. The van der Waals surface area contributed by atoms with Crippen LogP contribution >= 0.6 is 0 Å². The summed E-state index contributed by atoms with van der Waals surface area (Å²) in [6, 6.07) is 0.444. The van der Waals surface area contributed by atoms with Crippen molar-refractivity contribution in [2.24, 2.45) is 0 Å². The minimum Gasteiger partial charge on any atom is -0.480 e. The third kappa shape index (κ3) is 3.51. The Labute approximate surface area is 121 Å². The minimum atomic E-state index is -1.17. The molecule has 2 N–H and O–H groups in total. The number of nitrogens with zero attached hydrogens (tertiary/aromatic N) is 1. The Balaban J connectivity index is 2.76. The lowest BCUT2D eigenvalue weighted by molar-refractivity contribution is -0.148. The van der Waals surface area contributed by atoms with E-state index >= 15 is 0 Å². The molecule has 20 heavy (non-hydrogen) atoms. The van der Waals surface area contributed by atoms with Gasteiger partial charge < -0.3 is 10.4 Å². The molecule has 0 aromatic rings. The topological polar surface area (TPSA) is 69.6 Å². The van der Waals surface area contributed by atoms with Gasteiger partial charge in [-0.1, -0.05) is 13.3 Å². The first kappa shape index (κ1) is 17.0. The zero-order valence-corrected chi connectivity index (χ0v) is 13.3. The third-order valence-corrected chi connectivity index (χ3v) is 4.47. The van der Waals surface area contributed by atoms with Crippen molar-refractivity contribution in [1.29, 1.82) is 0 Å². The molecule has 1 fully saturated rings. The van der Waals surface area contributed by atoms with Gasteiger partial charge in [0, 0.05) is 12.1 Å². The van der Waals surface area contributed by atoms with Crippen molar-refractivity contribution in [3.05, 3.63) is 0 Å². The Hall–Kier alpha value is -1.10. The molecule has 0 bridgehead atoms. The molecule has 5 heteroatoms. The molecule has 1 aliphatic rings. The number of carbonyl (C=O) groups is 2. The maximum Gasteiger partial charge on any atom is 0.329 e. The lowest BCUT2D eigenvalue weighted by atomic mass is 9.95. The molecule has 1 aliphatic heterocycles. The van der Waals surface area contributed by atoms with Gasteiger partial charge in [-0.25, -0.2) is 4.79 Å². The molecule has 0 aromatic heterocycles. The Kier molecular flexibility index (Phi) is 5.57. The smallest absolute Gasteiger partial charge is 0.329 e. The van der Waals surface area contributed by atoms with Crippen LogP contribution in [0.15, 0.2) is 0 Å². The van der Waals surface area contributed by atoms with Gasteiger partial charge >= 0.3 is 5.97 Å². The van der Waals surface area contributed by atoms with Gasteiger partial charge in [0.1, 0.15) is 5.54 Å².